The summed E-state index contributed by atoms with van der Waals surface area (Å²) in [5.74, 6) is 0. The van der Waals surface area contributed by atoms with Crippen LogP contribution >= 0.6 is 0 Å². The van der Waals surface area contributed by atoms with Gasteiger partial charge in [0.2, 0.25) is 0 Å². The zero-order valence-corrected chi connectivity index (χ0v) is 22.9. The van der Waals surface area contributed by atoms with Gasteiger partial charge in [-0.3, -0.25) is 0 Å². The van der Waals surface area contributed by atoms with Gasteiger partial charge in [0.15, 0.2) is 0 Å². The molecular weight excluding hydrogens is 399 g/mol. The van der Waals surface area contributed by atoms with Gasteiger partial charge in [-0.15, -0.1) is 0 Å². The average Bonchev–Trinajstić information content (AvgIpc) is 2.61. The van der Waals surface area contributed by atoms with Gasteiger partial charge in [-0.25, -0.2) is 8.42 Å². The molecule has 0 amide bonds. The van der Waals surface area contributed by atoms with Gasteiger partial charge in [-0.05, 0) is 25.7 Å². The fraction of sp³-hybridized carbons (Fsp3) is 1.00. The molecule has 0 aromatic heterocycles. The van der Waals surface area contributed by atoms with E-state index in [1.807, 2.05) is 0 Å². The standard InChI is InChI=1S/C22H46O4S.K/c1-3-5-7-10-15-19-22(27(24,25)26)20-16-12-9-11-14-18-21(23)17-13-8-6-4-2;/h21-23H,3-20H2,1-2H3,(H,24,25,26);/q;+1/p-1. The fourth-order valence-corrected chi connectivity index (χ4v) is 4.55. The Kier molecular flexibility index (Phi) is 24.6. The molecule has 0 saturated carbocycles. The second-order valence-corrected chi connectivity index (χ2v) is 9.82. The average molecular weight is 445 g/mol. The summed E-state index contributed by atoms with van der Waals surface area (Å²) in [5.41, 5.74) is 0. The van der Waals surface area contributed by atoms with Gasteiger partial charge in [0.25, 0.3) is 0 Å². The smallest absolute Gasteiger partial charge is 0.748 e. The van der Waals surface area contributed by atoms with Crippen molar-refractivity contribution >= 4 is 10.1 Å². The van der Waals surface area contributed by atoms with Gasteiger partial charge in [-0.2, -0.15) is 0 Å². The van der Waals surface area contributed by atoms with E-state index in [1.54, 1.807) is 0 Å². The molecule has 0 rings (SSSR count). The van der Waals surface area contributed by atoms with Crippen LogP contribution in [-0.2, 0) is 10.1 Å². The molecule has 2 atom stereocenters. The number of hydrogen-bond donors (Lipinski definition) is 1. The molecule has 0 radical (unpaired) electrons. The third-order valence-electron chi connectivity index (χ3n) is 5.49. The van der Waals surface area contributed by atoms with Crippen LogP contribution in [0.5, 0.6) is 0 Å². The molecule has 0 fully saturated rings. The van der Waals surface area contributed by atoms with E-state index in [0.29, 0.717) is 12.8 Å². The molecule has 2 unspecified atom stereocenters. The second kappa shape index (κ2) is 21.7. The fourth-order valence-electron chi connectivity index (χ4n) is 3.64. The largest absolute Gasteiger partial charge is 1.00 e. The van der Waals surface area contributed by atoms with Crippen molar-refractivity contribution in [2.24, 2.45) is 0 Å². The van der Waals surface area contributed by atoms with E-state index in [9.17, 15) is 18.1 Å². The maximum Gasteiger partial charge on any atom is 1.00 e. The van der Waals surface area contributed by atoms with Crippen molar-refractivity contribution in [2.75, 3.05) is 0 Å². The molecule has 28 heavy (non-hydrogen) atoms. The molecule has 0 aliphatic carbocycles. The monoisotopic (exact) mass is 444 g/mol. The summed E-state index contributed by atoms with van der Waals surface area (Å²) >= 11 is 0. The zero-order chi connectivity index (χ0) is 20.4. The SMILES string of the molecule is CCCCCCCC(CCCCCCCC(O)CCCCCC)S(=O)(=O)[O-].[K+]. The predicted octanol–water partition coefficient (Wildman–Crippen LogP) is 3.33. The Bertz CT molecular complexity index is 415. The Labute approximate surface area is 218 Å². The summed E-state index contributed by atoms with van der Waals surface area (Å²) in [4.78, 5) is 0. The first kappa shape index (κ1) is 31.7. The molecule has 4 nitrogen and oxygen atoms in total. The topological polar surface area (TPSA) is 77.4 Å². The van der Waals surface area contributed by atoms with Crippen molar-refractivity contribution in [1.82, 2.24) is 0 Å². The van der Waals surface area contributed by atoms with Gasteiger partial charge >= 0.3 is 51.4 Å². The van der Waals surface area contributed by atoms with Crippen molar-refractivity contribution < 1.29 is 69.5 Å². The second-order valence-electron chi connectivity index (χ2n) is 8.17. The van der Waals surface area contributed by atoms with E-state index in [-0.39, 0.29) is 57.5 Å². The number of aliphatic hydroxyl groups excluding tert-OH is 1. The Hall–Kier alpha value is 1.51. The molecule has 0 aliphatic heterocycles. The summed E-state index contributed by atoms with van der Waals surface area (Å²) in [6, 6.07) is 0. The van der Waals surface area contributed by atoms with Gasteiger partial charge in [-0.1, -0.05) is 104 Å². The van der Waals surface area contributed by atoms with Gasteiger partial charge < -0.3 is 9.66 Å². The van der Waals surface area contributed by atoms with Crippen LogP contribution in [0.15, 0.2) is 0 Å². The Morgan fingerprint density at radius 2 is 0.964 bits per heavy atom. The Balaban J connectivity index is 0. The Morgan fingerprint density at radius 1 is 0.643 bits per heavy atom. The van der Waals surface area contributed by atoms with E-state index in [0.717, 1.165) is 70.6 Å². The Morgan fingerprint density at radius 3 is 1.36 bits per heavy atom. The van der Waals surface area contributed by atoms with Crippen molar-refractivity contribution in [3.8, 4) is 0 Å². The van der Waals surface area contributed by atoms with Crippen molar-refractivity contribution in [3.05, 3.63) is 0 Å². The molecule has 6 heteroatoms. The maximum atomic E-state index is 11.4. The molecule has 0 aliphatic rings. The minimum atomic E-state index is -4.16. The van der Waals surface area contributed by atoms with Crippen LogP contribution in [0.4, 0.5) is 0 Å². The van der Waals surface area contributed by atoms with Gasteiger partial charge in [0.1, 0.15) is 0 Å². The summed E-state index contributed by atoms with van der Waals surface area (Å²) in [6.45, 7) is 4.35. The molecule has 0 heterocycles. The number of unbranched alkanes of at least 4 members (excludes halogenated alkanes) is 11. The van der Waals surface area contributed by atoms with Gasteiger partial charge in [0.05, 0.1) is 16.2 Å². The quantitative estimate of drug-likeness (QED) is 0.177. The van der Waals surface area contributed by atoms with Crippen molar-refractivity contribution in [1.29, 1.82) is 0 Å². The molecule has 0 aromatic carbocycles. The van der Waals surface area contributed by atoms with Crippen LogP contribution in [0.3, 0.4) is 0 Å². The van der Waals surface area contributed by atoms with E-state index in [2.05, 4.69) is 13.8 Å². The predicted molar refractivity (Wildman–Crippen MR) is 114 cm³/mol. The molecule has 164 valence electrons. The normalized spacial score (nSPS) is 13.9. The van der Waals surface area contributed by atoms with Crippen LogP contribution in [0.25, 0.3) is 0 Å². The first-order valence-corrected chi connectivity index (χ1v) is 13.0. The van der Waals surface area contributed by atoms with Crippen LogP contribution in [0.1, 0.15) is 129 Å². The molecule has 0 spiro atoms. The molecule has 0 aromatic rings. The third kappa shape index (κ3) is 20.8. The molecule has 1 N–H and O–H groups in total. The van der Waals surface area contributed by atoms with Crippen LogP contribution in [0, 0.1) is 0 Å². The number of aliphatic hydroxyl groups is 1. The summed E-state index contributed by atoms with van der Waals surface area (Å²) < 4.78 is 34.3. The first-order chi connectivity index (χ1) is 12.9. The van der Waals surface area contributed by atoms with Crippen molar-refractivity contribution in [2.45, 2.75) is 141 Å². The van der Waals surface area contributed by atoms with Crippen molar-refractivity contribution in [3.63, 3.8) is 0 Å². The number of hydrogen-bond acceptors (Lipinski definition) is 4. The minimum Gasteiger partial charge on any atom is -0.748 e. The molecule has 0 bridgehead atoms. The van der Waals surface area contributed by atoms with Crippen LogP contribution in [-0.4, -0.2) is 29.4 Å². The van der Waals surface area contributed by atoms with E-state index in [1.165, 1.54) is 32.1 Å². The molecular formula is C22H45KO4S. The van der Waals surface area contributed by atoms with E-state index in [4.69, 9.17) is 0 Å². The third-order valence-corrected chi connectivity index (χ3v) is 6.78. The minimum absolute atomic E-state index is 0. The first-order valence-electron chi connectivity index (χ1n) is 11.5. The maximum absolute atomic E-state index is 11.4. The van der Waals surface area contributed by atoms with Crippen LogP contribution < -0.4 is 51.4 Å². The summed E-state index contributed by atoms with van der Waals surface area (Å²) in [6.07, 6.45) is 17.8. The van der Waals surface area contributed by atoms with E-state index < -0.39 is 15.4 Å². The van der Waals surface area contributed by atoms with Gasteiger partial charge in [0, 0.05) is 5.25 Å². The molecule has 0 saturated heterocycles. The van der Waals surface area contributed by atoms with Crippen LogP contribution in [0.2, 0.25) is 0 Å². The number of rotatable bonds is 20. The van der Waals surface area contributed by atoms with E-state index >= 15 is 0 Å². The summed E-state index contributed by atoms with van der Waals surface area (Å²) in [7, 11) is -4.16. The zero-order valence-electron chi connectivity index (χ0n) is 19.0. The summed E-state index contributed by atoms with van der Waals surface area (Å²) in [5, 5.41) is 9.26.